The summed E-state index contributed by atoms with van der Waals surface area (Å²) in [7, 11) is -4.26. The number of amides is 1. The van der Waals surface area contributed by atoms with Crippen molar-refractivity contribution in [3.05, 3.63) is 29.7 Å². The van der Waals surface area contributed by atoms with Gasteiger partial charge in [0.1, 0.15) is 18.0 Å². The zero-order valence-corrected chi connectivity index (χ0v) is 11.3. The van der Waals surface area contributed by atoms with Gasteiger partial charge in [-0.15, -0.1) is 0 Å². The quantitative estimate of drug-likeness (QED) is 0.566. The molecule has 0 bridgehead atoms. The molecule has 1 heterocycles. The number of rotatable bonds is 3. The second-order valence-electron chi connectivity index (χ2n) is 4.10. The number of nitrogens with two attached hydrogens (primary N) is 1. The molecule has 21 heavy (non-hydrogen) atoms. The zero-order valence-electron chi connectivity index (χ0n) is 10.5. The lowest BCUT2D eigenvalue weighted by Crippen LogP contribution is -2.30. The summed E-state index contributed by atoms with van der Waals surface area (Å²) in [4.78, 5) is 11.2. The Morgan fingerprint density at radius 3 is 2.67 bits per heavy atom. The third-order valence-electron chi connectivity index (χ3n) is 2.81. The molecule has 0 radical (unpaired) electrons. The Kier molecular flexibility index (Phi) is 3.56. The molecule has 10 heteroatoms. The zero-order chi connectivity index (χ0) is 15.8. The Labute approximate surface area is 119 Å². The highest BCUT2D eigenvalue weighted by molar-refractivity contribution is 7.92. The summed E-state index contributed by atoms with van der Waals surface area (Å²) >= 11 is 0. The second kappa shape index (κ2) is 5.05. The number of phenols is 1. The van der Waals surface area contributed by atoms with E-state index >= 15 is 0 Å². The van der Waals surface area contributed by atoms with Gasteiger partial charge in [0.25, 0.3) is 5.91 Å². The van der Waals surface area contributed by atoms with Crippen LogP contribution in [0, 0.1) is 11.2 Å². The Balaban J connectivity index is 2.68. The number of carbonyl (C=O) groups excluding carboxylic acids is 1. The molecule has 0 atom stereocenters. The summed E-state index contributed by atoms with van der Waals surface area (Å²) in [5, 5.41) is 16.9. The Morgan fingerprint density at radius 1 is 1.52 bits per heavy atom. The Hall–Kier alpha value is -2.62. The van der Waals surface area contributed by atoms with Gasteiger partial charge in [0.2, 0.25) is 0 Å². The van der Waals surface area contributed by atoms with Crippen molar-refractivity contribution in [2.45, 2.75) is 0 Å². The van der Waals surface area contributed by atoms with Gasteiger partial charge in [-0.2, -0.15) is 8.42 Å². The highest BCUT2D eigenvalue weighted by Gasteiger charge is 2.37. The molecular weight excluding hydrogens is 303 g/mol. The minimum absolute atomic E-state index is 0.00960. The van der Waals surface area contributed by atoms with Crippen LogP contribution < -0.4 is 14.8 Å². The highest BCUT2D eigenvalue weighted by Crippen LogP contribution is 2.36. The maximum Gasteiger partial charge on any atom is 0.326 e. The predicted octanol–water partition coefficient (Wildman–Crippen LogP) is -0.339. The SMILES string of the molecule is N=C/C(=C\N)c1ccc(O)c(N2CC(=O)NS2(=O)=O)c1F. The fourth-order valence-corrected chi connectivity index (χ4v) is 3.04. The number of nitrogens with zero attached hydrogens (tertiary/aromatic N) is 1. The van der Waals surface area contributed by atoms with Crippen LogP contribution in [-0.4, -0.2) is 32.2 Å². The first-order valence-electron chi connectivity index (χ1n) is 5.59. The maximum atomic E-state index is 14.5. The molecule has 8 nitrogen and oxygen atoms in total. The van der Waals surface area contributed by atoms with Gasteiger partial charge in [0.15, 0.2) is 5.82 Å². The summed E-state index contributed by atoms with van der Waals surface area (Å²) < 4.78 is 40.0. The third kappa shape index (κ3) is 2.40. The smallest absolute Gasteiger partial charge is 0.326 e. The Bertz CT molecular complexity index is 760. The summed E-state index contributed by atoms with van der Waals surface area (Å²) in [6, 6.07) is 2.20. The van der Waals surface area contributed by atoms with Crippen LogP contribution in [-0.2, 0) is 15.0 Å². The van der Waals surface area contributed by atoms with Crippen molar-refractivity contribution in [2.75, 3.05) is 10.8 Å². The predicted molar refractivity (Wildman–Crippen MR) is 73.4 cm³/mol. The van der Waals surface area contributed by atoms with E-state index in [0.29, 0.717) is 4.31 Å². The molecule has 0 spiro atoms. The molecule has 1 aromatic carbocycles. The Morgan fingerprint density at radius 2 is 2.19 bits per heavy atom. The maximum absolute atomic E-state index is 14.5. The van der Waals surface area contributed by atoms with Crippen molar-refractivity contribution < 1.29 is 22.7 Å². The van der Waals surface area contributed by atoms with Crippen LogP contribution in [0.15, 0.2) is 18.3 Å². The average Bonchev–Trinajstić information content (AvgIpc) is 2.67. The van der Waals surface area contributed by atoms with E-state index in [9.17, 15) is 22.7 Å². The first kappa shape index (κ1) is 14.8. The van der Waals surface area contributed by atoms with E-state index in [1.807, 2.05) is 0 Å². The van der Waals surface area contributed by atoms with Crippen molar-refractivity contribution in [1.29, 1.82) is 5.41 Å². The van der Waals surface area contributed by atoms with Crippen LogP contribution in [0.3, 0.4) is 0 Å². The number of aromatic hydroxyl groups is 1. The summed E-state index contributed by atoms with van der Waals surface area (Å²) in [5.41, 5.74) is 4.41. The van der Waals surface area contributed by atoms with Gasteiger partial charge in [0, 0.05) is 23.6 Å². The average molecular weight is 314 g/mol. The molecule has 2 rings (SSSR count). The number of carbonyl (C=O) groups is 1. The fourth-order valence-electron chi connectivity index (χ4n) is 1.88. The molecule has 1 amide bonds. The minimum Gasteiger partial charge on any atom is -0.506 e. The molecule has 5 N–H and O–H groups in total. The summed E-state index contributed by atoms with van der Waals surface area (Å²) in [5.74, 6) is -2.60. The molecule has 0 saturated carbocycles. The number of halogens is 1. The second-order valence-corrected chi connectivity index (χ2v) is 5.69. The lowest BCUT2D eigenvalue weighted by atomic mass is 10.1. The monoisotopic (exact) mass is 314 g/mol. The number of anilines is 1. The molecule has 1 aromatic rings. The normalized spacial score (nSPS) is 17.7. The van der Waals surface area contributed by atoms with E-state index in [1.165, 1.54) is 0 Å². The molecule has 1 aliphatic rings. The van der Waals surface area contributed by atoms with Gasteiger partial charge >= 0.3 is 10.2 Å². The summed E-state index contributed by atoms with van der Waals surface area (Å²) in [6.45, 7) is -0.650. The van der Waals surface area contributed by atoms with Crippen molar-refractivity contribution >= 4 is 33.6 Å². The standard InChI is InChI=1S/C11H11FN4O4S/c12-10-7(6(3-13)4-14)1-2-8(17)11(10)16-5-9(18)15-21(16,19)20/h1-4,13,17H,5,14H2,(H,15,18)/b6-4+,13-3?. The van der Waals surface area contributed by atoms with E-state index in [2.05, 4.69) is 0 Å². The number of hydrogen-bond acceptors (Lipinski definition) is 6. The minimum atomic E-state index is -4.26. The van der Waals surface area contributed by atoms with Crippen LogP contribution in [0.2, 0.25) is 0 Å². The van der Waals surface area contributed by atoms with Crippen molar-refractivity contribution in [3.63, 3.8) is 0 Å². The van der Waals surface area contributed by atoms with Gasteiger partial charge in [-0.25, -0.2) is 13.4 Å². The molecule has 0 aliphatic carbocycles. The van der Waals surface area contributed by atoms with E-state index in [0.717, 1.165) is 24.5 Å². The lowest BCUT2D eigenvalue weighted by molar-refractivity contribution is -0.117. The first-order chi connectivity index (χ1) is 9.81. The largest absolute Gasteiger partial charge is 0.506 e. The topological polar surface area (TPSA) is 137 Å². The van der Waals surface area contributed by atoms with Gasteiger partial charge in [-0.1, -0.05) is 0 Å². The molecule has 0 aromatic heterocycles. The van der Waals surface area contributed by atoms with Gasteiger partial charge < -0.3 is 16.2 Å². The van der Waals surface area contributed by atoms with Crippen LogP contribution in [0.5, 0.6) is 5.75 Å². The van der Waals surface area contributed by atoms with Crippen LogP contribution >= 0.6 is 0 Å². The summed E-state index contributed by atoms with van der Waals surface area (Å²) in [6.07, 6.45) is 1.75. The van der Waals surface area contributed by atoms with Gasteiger partial charge in [0.05, 0.1) is 0 Å². The number of benzene rings is 1. The van der Waals surface area contributed by atoms with Crippen molar-refractivity contribution in [2.24, 2.45) is 5.73 Å². The van der Waals surface area contributed by atoms with Crippen molar-refractivity contribution in [3.8, 4) is 5.75 Å². The highest BCUT2D eigenvalue weighted by atomic mass is 32.2. The first-order valence-corrected chi connectivity index (χ1v) is 7.03. The van der Waals surface area contributed by atoms with E-state index in [1.54, 1.807) is 4.72 Å². The van der Waals surface area contributed by atoms with Crippen LogP contribution in [0.25, 0.3) is 5.57 Å². The molecule has 112 valence electrons. The number of phenolic OH excluding ortho intramolecular Hbond substituents is 1. The fraction of sp³-hybridized carbons (Fsp3) is 0.0909. The van der Waals surface area contributed by atoms with Gasteiger partial charge in [-0.3, -0.25) is 4.79 Å². The molecule has 0 unspecified atom stereocenters. The van der Waals surface area contributed by atoms with E-state index in [4.69, 9.17) is 11.1 Å². The number of allylic oxidation sites excluding steroid dienone is 1. The van der Waals surface area contributed by atoms with E-state index in [-0.39, 0.29) is 11.1 Å². The molecule has 1 fully saturated rings. The van der Waals surface area contributed by atoms with Crippen LogP contribution in [0.4, 0.5) is 10.1 Å². The number of nitrogens with one attached hydrogen (secondary N) is 2. The van der Waals surface area contributed by atoms with Gasteiger partial charge in [-0.05, 0) is 12.1 Å². The molecule has 1 aliphatic heterocycles. The van der Waals surface area contributed by atoms with Crippen molar-refractivity contribution in [1.82, 2.24) is 4.72 Å². The number of hydrogen-bond donors (Lipinski definition) is 4. The molecule has 1 saturated heterocycles. The van der Waals surface area contributed by atoms with E-state index < -0.39 is 39.9 Å². The van der Waals surface area contributed by atoms with Crippen LogP contribution in [0.1, 0.15) is 5.56 Å². The molecular formula is C11H11FN4O4S. The lowest BCUT2D eigenvalue weighted by Gasteiger charge is -2.18. The third-order valence-corrected chi connectivity index (χ3v) is 4.19.